The van der Waals surface area contributed by atoms with Gasteiger partial charge in [-0.15, -0.1) is 0 Å². The van der Waals surface area contributed by atoms with Crippen molar-refractivity contribution in [3.05, 3.63) is 59.9 Å². The van der Waals surface area contributed by atoms with E-state index in [4.69, 9.17) is 4.74 Å². The molecule has 4 nitrogen and oxygen atoms in total. The highest BCUT2D eigenvalue weighted by molar-refractivity contribution is 5.77. The third kappa shape index (κ3) is 4.22. The zero-order valence-electron chi connectivity index (χ0n) is 12.3. The molecule has 116 valence electrons. The second kappa shape index (κ2) is 7.45. The highest BCUT2D eigenvalue weighted by Gasteiger charge is 2.14. The topological polar surface area (TPSA) is 49.8 Å². The molecular weight excluding hydrogens is 285 g/mol. The Hall–Kier alpha value is -2.56. The molecule has 0 atom stereocenters. The lowest BCUT2D eigenvalue weighted by atomic mass is 10.2. The van der Waals surface area contributed by atoms with Crippen molar-refractivity contribution in [2.45, 2.75) is 13.5 Å². The number of phenols is 1. The van der Waals surface area contributed by atoms with Crippen LogP contribution in [0, 0.1) is 5.82 Å². The van der Waals surface area contributed by atoms with Gasteiger partial charge < -0.3 is 14.7 Å². The van der Waals surface area contributed by atoms with Crippen LogP contribution in [0.15, 0.2) is 48.5 Å². The molecule has 2 aromatic rings. The van der Waals surface area contributed by atoms with Gasteiger partial charge in [-0.05, 0) is 37.3 Å². The molecule has 0 unspecified atom stereocenters. The molecule has 1 amide bonds. The van der Waals surface area contributed by atoms with Crippen LogP contribution in [0.25, 0.3) is 0 Å². The van der Waals surface area contributed by atoms with Crippen LogP contribution in [-0.4, -0.2) is 29.1 Å². The van der Waals surface area contributed by atoms with E-state index < -0.39 is 0 Å². The van der Waals surface area contributed by atoms with Crippen molar-refractivity contribution in [2.75, 3.05) is 13.2 Å². The summed E-state index contributed by atoms with van der Waals surface area (Å²) < 4.78 is 19.0. The van der Waals surface area contributed by atoms with Crippen LogP contribution >= 0.6 is 0 Å². The lowest BCUT2D eigenvalue weighted by Crippen LogP contribution is -2.34. The van der Waals surface area contributed by atoms with E-state index >= 15 is 0 Å². The lowest BCUT2D eigenvalue weighted by molar-refractivity contribution is -0.133. The number of carbonyl (C=O) groups excluding carboxylic acids is 1. The van der Waals surface area contributed by atoms with E-state index in [1.165, 1.54) is 23.1 Å². The van der Waals surface area contributed by atoms with Gasteiger partial charge in [0, 0.05) is 18.7 Å². The summed E-state index contributed by atoms with van der Waals surface area (Å²) in [5, 5.41) is 9.18. The first-order chi connectivity index (χ1) is 10.6. The molecule has 0 aliphatic carbocycles. The Balaban J connectivity index is 1.94. The molecule has 0 aliphatic rings. The molecule has 0 radical (unpaired) electrons. The molecule has 1 N–H and O–H groups in total. The molecule has 0 spiro atoms. The Bertz CT molecular complexity index is 628. The minimum Gasteiger partial charge on any atom is -0.508 e. The van der Waals surface area contributed by atoms with Gasteiger partial charge in [-0.1, -0.05) is 18.2 Å². The fourth-order valence-electron chi connectivity index (χ4n) is 1.99. The van der Waals surface area contributed by atoms with Gasteiger partial charge in [-0.2, -0.15) is 0 Å². The summed E-state index contributed by atoms with van der Waals surface area (Å²) in [5.74, 6) is 0.0774. The van der Waals surface area contributed by atoms with Crippen molar-refractivity contribution in [1.82, 2.24) is 4.90 Å². The maximum atomic E-state index is 13.6. The number of nitrogens with zero attached hydrogens (tertiary/aromatic N) is 1. The normalized spacial score (nSPS) is 10.3. The highest BCUT2D eigenvalue weighted by atomic mass is 19.1. The van der Waals surface area contributed by atoms with Gasteiger partial charge >= 0.3 is 0 Å². The van der Waals surface area contributed by atoms with Crippen molar-refractivity contribution in [3.63, 3.8) is 0 Å². The van der Waals surface area contributed by atoms with E-state index in [2.05, 4.69) is 0 Å². The van der Waals surface area contributed by atoms with Gasteiger partial charge in [0.1, 0.15) is 17.3 Å². The van der Waals surface area contributed by atoms with E-state index in [1.54, 1.807) is 30.3 Å². The van der Waals surface area contributed by atoms with E-state index in [-0.39, 0.29) is 30.6 Å². The van der Waals surface area contributed by atoms with Gasteiger partial charge in [0.05, 0.1) is 0 Å². The standard InChI is InChI=1S/C17H18FNO3/c1-2-19(11-13-5-3-4-6-16(13)18)17(21)12-22-15-9-7-14(20)8-10-15/h3-10,20H,2,11-12H2,1H3. The number of halogens is 1. The third-order valence-corrected chi connectivity index (χ3v) is 3.25. The molecular formula is C17H18FNO3. The SMILES string of the molecule is CCN(Cc1ccccc1F)C(=O)COc1ccc(O)cc1. The second-order valence-electron chi connectivity index (χ2n) is 4.78. The monoisotopic (exact) mass is 303 g/mol. The number of hydrogen-bond acceptors (Lipinski definition) is 3. The van der Waals surface area contributed by atoms with Crippen LogP contribution in [0.5, 0.6) is 11.5 Å². The van der Waals surface area contributed by atoms with Crippen LogP contribution < -0.4 is 4.74 Å². The number of hydrogen-bond donors (Lipinski definition) is 1. The van der Waals surface area contributed by atoms with Crippen molar-refractivity contribution >= 4 is 5.91 Å². The average Bonchev–Trinajstić information content (AvgIpc) is 2.53. The van der Waals surface area contributed by atoms with Crippen molar-refractivity contribution in [3.8, 4) is 11.5 Å². The quantitative estimate of drug-likeness (QED) is 0.892. The van der Waals surface area contributed by atoms with Crippen LogP contribution in [0.3, 0.4) is 0 Å². The van der Waals surface area contributed by atoms with Gasteiger partial charge in [0.25, 0.3) is 5.91 Å². The summed E-state index contributed by atoms with van der Waals surface area (Å²) in [6, 6.07) is 12.5. The first-order valence-electron chi connectivity index (χ1n) is 7.03. The number of phenolic OH excluding ortho intramolecular Hbond substituents is 1. The Morgan fingerprint density at radius 1 is 1.18 bits per heavy atom. The molecule has 0 aromatic heterocycles. The molecule has 22 heavy (non-hydrogen) atoms. The molecule has 0 saturated carbocycles. The minimum absolute atomic E-state index is 0.132. The summed E-state index contributed by atoms with van der Waals surface area (Å²) in [6.07, 6.45) is 0. The first kappa shape index (κ1) is 15.8. The zero-order valence-corrected chi connectivity index (χ0v) is 12.3. The van der Waals surface area contributed by atoms with E-state index in [0.29, 0.717) is 17.9 Å². The largest absolute Gasteiger partial charge is 0.508 e. The Morgan fingerprint density at radius 3 is 2.50 bits per heavy atom. The predicted octanol–water partition coefficient (Wildman–Crippen LogP) is 2.96. The van der Waals surface area contributed by atoms with Crippen LogP contribution in [0.2, 0.25) is 0 Å². The Kier molecular flexibility index (Phi) is 5.36. The number of amides is 1. The first-order valence-corrected chi connectivity index (χ1v) is 7.03. The summed E-state index contributed by atoms with van der Waals surface area (Å²) in [4.78, 5) is 13.7. The maximum Gasteiger partial charge on any atom is 0.260 e. The lowest BCUT2D eigenvalue weighted by Gasteiger charge is -2.21. The second-order valence-corrected chi connectivity index (χ2v) is 4.78. The number of rotatable bonds is 6. The number of benzene rings is 2. The third-order valence-electron chi connectivity index (χ3n) is 3.25. The Morgan fingerprint density at radius 2 is 1.86 bits per heavy atom. The zero-order chi connectivity index (χ0) is 15.9. The molecule has 0 fully saturated rings. The van der Waals surface area contributed by atoms with Gasteiger partial charge in [0.2, 0.25) is 0 Å². The average molecular weight is 303 g/mol. The van der Waals surface area contributed by atoms with Crippen LogP contribution in [0.1, 0.15) is 12.5 Å². The number of carbonyl (C=O) groups is 1. The van der Waals surface area contributed by atoms with Crippen LogP contribution in [0.4, 0.5) is 4.39 Å². The fraction of sp³-hybridized carbons (Fsp3) is 0.235. The Labute approximate surface area is 128 Å². The molecule has 0 saturated heterocycles. The molecule has 2 aromatic carbocycles. The van der Waals surface area contributed by atoms with Gasteiger partial charge in [0.15, 0.2) is 6.61 Å². The van der Waals surface area contributed by atoms with Gasteiger partial charge in [-0.3, -0.25) is 4.79 Å². The molecule has 2 rings (SSSR count). The van der Waals surface area contributed by atoms with E-state index in [0.717, 1.165) is 0 Å². The molecule has 5 heteroatoms. The molecule has 0 aliphatic heterocycles. The summed E-state index contributed by atoms with van der Waals surface area (Å²) in [7, 11) is 0. The van der Waals surface area contributed by atoms with E-state index in [1.807, 2.05) is 6.92 Å². The predicted molar refractivity (Wildman–Crippen MR) is 81.1 cm³/mol. The summed E-state index contributed by atoms with van der Waals surface area (Å²) in [5.41, 5.74) is 0.474. The van der Waals surface area contributed by atoms with Crippen molar-refractivity contribution in [1.29, 1.82) is 0 Å². The number of ether oxygens (including phenoxy) is 1. The van der Waals surface area contributed by atoms with E-state index in [9.17, 15) is 14.3 Å². The van der Waals surface area contributed by atoms with Crippen LogP contribution in [-0.2, 0) is 11.3 Å². The fourth-order valence-corrected chi connectivity index (χ4v) is 1.99. The smallest absolute Gasteiger partial charge is 0.260 e. The number of likely N-dealkylation sites (N-methyl/N-ethyl adjacent to an activating group) is 1. The maximum absolute atomic E-state index is 13.6. The summed E-state index contributed by atoms with van der Waals surface area (Å²) >= 11 is 0. The number of aromatic hydroxyl groups is 1. The van der Waals surface area contributed by atoms with Crippen molar-refractivity contribution in [2.24, 2.45) is 0 Å². The molecule has 0 heterocycles. The summed E-state index contributed by atoms with van der Waals surface area (Å²) in [6.45, 7) is 2.37. The highest BCUT2D eigenvalue weighted by Crippen LogP contribution is 2.16. The minimum atomic E-state index is -0.326. The van der Waals surface area contributed by atoms with Gasteiger partial charge in [-0.25, -0.2) is 4.39 Å². The van der Waals surface area contributed by atoms with Crippen molar-refractivity contribution < 1.29 is 19.0 Å². The molecule has 0 bridgehead atoms.